The van der Waals surface area contributed by atoms with Crippen LogP contribution in [-0.4, -0.2) is 6.09 Å². The van der Waals surface area contributed by atoms with Gasteiger partial charge in [0.15, 0.2) is 0 Å². The summed E-state index contributed by atoms with van der Waals surface area (Å²) in [7, 11) is 0. The summed E-state index contributed by atoms with van der Waals surface area (Å²) >= 11 is 5.25. The topological polar surface area (TPSA) is 52.3 Å². The van der Waals surface area contributed by atoms with Crippen molar-refractivity contribution >= 4 is 17.7 Å². The van der Waals surface area contributed by atoms with Crippen LogP contribution in [0.15, 0.2) is 23.9 Å². The van der Waals surface area contributed by atoms with Gasteiger partial charge in [-0.05, 0) is 6.08 Å². The molecule has 9 heavy (non-hydrogen) atoms. The molecule has 0 saturated heterocycles. The number of rotatable bonds is 2. The summed E-state index contributed by atoms with van der Waals surface area (Å²) in [4.78, 5) is 9.86. The van der Waals surface area contributed by atoms with Crippen LogP contribution in [0.3, 0.4) is 0 Å². The predicted octanol–water partition coefficient (Wildman–Crippen LogP) is 1.35. The summed E-state index contributed by atoms with van der Waals surface area (Å²) in [5.74, 6) is 0. The summed E-state index contributed by atoms with van der Waals surface area (Å²) < 4.78 is 4.17. The Hall–Kier alpha value is -0.960. The van der Waals surface area contributed by atoms with E-state index < -0.39 is 6.09 Å². The Morgan fingerprint density at radius 1 is 1.78 bits per heavy atom. The normalized spacial score (nSPS) is 9.44. The molecule has 2 N–H and O–H groups in total. The van der Waals surface area contributed by atoms with Crippen molar-refractivity contribution in [3.63, 3.8) is 0 Å². The third kappa shape index (κ3) is 7.04. The van der Waals surface area contributed by atoms with E-state index in [0.29, 0.717) is 0 Å². The summed E-state index contributed by atoms with van der Waals surface area (Å²) in [5.41, 5.74) is 4.59. The van der Waals surface area contributed by atoms with Gasteiger partial charge in [0.2, 0.25) is 0 Å². The molecule has 0 aromatic carbocycles. The average molecular weight is 148 g/mol. The zero-order valence-corrected chi connectivity index (χ0v) is 5.39. The SMILES string of the molecule is C=C(Cl)C=COC(N)=O. The molecule has 0 aromatic rings. The quantitative estimate of drug-likeness (QED) is 0.474. The second kappa shape index (κ2) is 3.97. The third-order valence-electron chi connectivity index (χ3n) is 0.433. The van der Waals surface area contributed by atoms with Gasteiger partial charge in [-0.15, -0.1) is 0 Å². The number of carbonyl (C=O) groups is 1. The molecule has 0 saturated carbocycles. The number of amides is 1. The Bertz CT molecular complexity index is 153. The van der Waals surface area contributed by atoms with Crippen LogP contribution < -0.4 is 5.73 Å². The fraction of sp³-hybridized carbons (Fsp3) is 0. The zero-order valence-electron chi connectivity index (χ0n) is 4.63. The van der Waals surface area contributed by atoms with Crippen molar-refractivity contribution in [1.29, 1.82) is 0 Å². The van der Waals surface area contributed by atoms with Gasteiger partial charge in [-0.3, -0.25) is 0 Å². The highest BCUT2D eigenvalue weighted by Gasteiger charge is 1.84. The van der Waals surface area contributed by atoms with Gasteiger partial charge in [-0.1, -0.05) is 18.2 Å². The number of carbonyl (C=O) groups excluding carboxylic acids is 1. The Morgan fingerprint density at radius 3 is 2.67 bits per heavy atom. The molecule has 0 aliphatic rings. The number of allylic oxidation sites excluding steroid dienone is 2. The van der Waals surface area contributed by atoms with Crippen LogP contribution in [0.25, 0.3) is 0 Å². The number of hydrogen-bond acceptors (Lipinski definition) is 2. The molecule has 0 aliphatic heterocycles. The van der Waals surface area contributed by atoms with Gasteiger partial charge >= 0.3 is 6.09 Å². The molecular formula is C5H6ClNO2. The molecule has 0 fully saturated rings. The fourth-order valence-electron chi connectivity index (χ4n) is 0.175. The largest absolute Gasteiger partial charge is 0.418 e. The highest BCUT2D eigenvalue weighted by atomic mass is 35.5. The van der Waals surface area contributed by atoms with Gasteiger partial charge in [0, 0.05) is 5.03 Å². The van der Waals surface area contributed by atoms with Crippen molar-refractivity contribution in [1.82, 2.24) is 0 Å². The van der Waals surface area contributed by atoms with Crippen LogP contribution >= 0.6 is 11.6 Å². The lowest BCUT2D eigenvalue weighted by Crippen LogP contribution is -2.08. The monoisotopic (exact) mass is 147 g/mol. The van der Waals surface area contributed by atoms with E-state index in [1.807, 2.05) is 0 Å². The fourth-order valence-corrected chi connectivity index (χ4v) is 0.226. The second-order valence-corrected chi connectivity index (χ2v) is 1.67. The molecule has 50 valence electrons. The highest BCUT2D eigenvalue weighted by molar-refractivity contribution is 6.30. The minimum atomic E-state index is -0.871. The van der Waals surface area contributed by atoms with Gasteiger partial charge in [-0.25, -0.2) is 4.79 Å². The Balaban J connectivity index is 3.48. The minimum Gasteiger partial charge on any atom is -0.418 e. The molecular weight excluding hydrogens is 142 g/mol. The van der Waals surface area contributed by atoms with E-state index in [-0.39, 0.29) is 5.03 Å². The predicted molar refractivity (Wildman–Crippen MR) is 34.8 cm³/mol. The third-order valence-corrected chi connectivity index (χ3v) is 0.559. The molecule has 0 heterocycles. The minimum absolute atomic E-state index is 0.274. The van der Waals surface area contributed by atoms with Gasteiger partial charge in [0.25, 0.3) is 0 Å². The van der Waals surface area contributed by atoms with Gasteiger partial charge in [0.05, 0.1) is 6.26 Å². The molecule has 0 radical (unpaired) electrons. The maximum Gasteiger partial charge on any atom is 0.409 e. The van der Waals surface area contributed by atoms with Crippen molar-refractivity contribution in [3.8, 4) is 0 Å². The van der Waals surface area contributed by atoms with Crippen molar-refractivity contribution in [2.75, 3.05) is 0 Å². The van der Waals surface area contributed by atoms with Crippen molar-refractivity contribution in [3.05, 3.63) is 23.9 Å². The number of nitrogens with two attached hydrogens (primary N) is 1. The first-order valence-corrected chi connectivity index (χ1v) is 2.48. The Labute approximate surface area is 57.7 Å². The average Bonchev–Trinajstić information content (AvgIpc) is 1.63. The summed E-state index contributed by atoms with van der Waals surface area (Å²) in [5, 5.41) is 0.274. The van der Waals surface area contributed by atoms with E-state index >= 15 is 0 Å². The number of hydrogen-bond donors (Lipinski definition) is 1. The lowest BCUT2D eigenvalue weighted by Gasteiger charge is -1.87. The summed E-state index contributed by atoms with van der Waals surface area (Å²) in [6.45, 7) is 3.30. The summed E-state index contributed by atoms with van der Waals surface area (Å²) in [6.07, 6.45) is 1.51. The molecule has 0 aliphatic carbocycles. The maximum atomic E-state index is 9.86. The van der Waals surface area contributed by atoms with Gasteiger partial charge in [0.1, 0.15) is 0 Å². The Morgan fingerprint density at radius 2 is 2.33 bits per heavy atom. The zero-order chi connectivity index (χ0) is 7.28. The molecule has 4 heteroatoms. The van der Waals surface area contributed by atoms with E-state index in [1.54, 1.807) is 0 Å². The van der Waals surface area contributed by atoms with Crippen LogP contribution in [0, 0.1) is 0 Å². The maximum absolute atomic E-state index is 9.86. The lowest BCUT2D eigenvalue weighted by molar-refractivity contribution is 0.196. The van der Waals surface area contributed by atoms with Gasteiger partial charge < -0.3 is 10.5 Å². The van der Waals surface area contributed by atoms with Crippen LogP contribution in [0.2, 0.25) is 0 Å². The molecule has 0 unspecified atom stereocenters. The first-order valence-electron chi connectivity index (χ1n) is 2.10. The highest BCUT2D eigenvalue weighted by Crippen LogP contribution is 1.96. The molecule has 0 spiro atoms. The number of ether oxygens (including phenoxy) is 1. The van der Waals surface area contributed by atoms with E-state index in [4.69, 9.17) is 11.6 Å². The van der Waals surface area contributed by atoms with Crippen LogP contribution in [0.5, 0.6) is 0 Å². The molecule has 0 bridgehead atoms. The van der Waals surface area contributed by atoms with Crippen LogP contribution in [-0.2, 0) is 4.74 Å². The Kier molecular flexibility index (Phi) is 3.55. The molecule has 0 rings (SSSR count). The van der Waals surface area contributed by atoms with Crippen molar-refractivity contribution in [2.24, 2.45) is 5.73 Å². The van der Waals surface area contributed by atoms with E-state index in [2.05, 4.69) is 17.0 Å². The number of halogens is 1. The molecule has 3 nitrogen and oxygen atoms in total. The lowest BCUT2D eigenvalue weighted by atomic mass is 10.6. The van der Waals surface area contributed by atoms with Crippen molar-refractivity contribution < 1.29 is 9.53 Å². The first-order chi connectivity index (χ1) is 4.13. The summed E-state index contributed by atoms with van der Waals surface area (Å²) in [6, 6.07) is 0. The van der Waals surface area contributed by atoms with E-state index in [9.17, 15) is 4.79 Å². The standard InChI is InChI=1S/C5H6ClNO2/c1-4(6)2-3-9-5(7)8/h2-3H,1H2,(H2,7,8). The van der Waals surface area contributed by atoms with E-state index in [1.165, 1.54) is 6.08 Å². The van der Waals surface area contributed by atoms with Crippen molar-refractivity contribution in [2.45, 2.75) is 0 Å². The first kappa shape index (κ1) is 8.04. The molecule has 0 atom stereocenters. The molecule has 1 amide bonds. The van der Waals surface area contributed by atoms with Gasteiger partial charge in [-0.2, -0.15) is 0 Å². The number of primary amides is 1. The second-order valence-electron chi connectivity index (χ2n) is 1.19. The van der Waals surface area contributed by atoms with Crippen LogP contribution in [0.4, 0.5) is 4.79 Å². The molecule has 0 aromatic heterocycles. The van der Waals surface area contributed by atoms with Crippen LogP contribution in [0.1, 0.15) is 0 Å². The van der Waals surface area contributed by atoms with E-state index in [0.717, 1.165) is 6.26 Å². The smallest absolute Gasteiger partial charge is 0.409 e.